The van der Waals surface area contributed by atoms with E-state index in [1.54, 1.807) is 54.0 Å². The Morgan fingerprint density at radius 3 is 2.50 bits per heavy atom. The van der Waals surface area contributed by atoms with Crippen LogP contribution >= 0.6 is 11.8 Å². The van der Waals surface area contributed by atoms with Gasteiger partial charge >= 0.3 is 0 Å². The number of aliphatic imine (C=N–C) groups is 1. The van der Waals surface area contributed by atoms with Gasteiger partial charge < -0.3 is 49.7 Å². The smallest absolute Gasteiger partial charge is 0.260 e. The molecule has 2 aromatic carbocycles. The highest BCUT2D eigenvalue weighted by Gasteiger charge is 2.43. The molecule has 2 aromatic heterocycles. The number of fused-ring (bicyclic) bond motifs is 5. The van der Waals surface area contributed by atoms with E-state index in [1.807, 2.05) is 37.8 Å². The van der Waals surface area contributed by atoms with Gasteiger partial charge in [0, 0.05) is 73.7 Å². The van der Waals surface area contributed by atoms with E-state index in [0.29, 0.717) is 77.9 Å². The SMILES string of the molecule is [C-]#[N+]c1c2c(nn1CCN(C)C(=O)CCOCCOCCN1CCC([C@H](CC(=O)[C@H](C)NC)C(=O)N3CCC[C@H]3C3=NC(C(=O)c4ccc(F)cc4)CS3)CC1)CN(C)C(=O)c1ccc(C)cc1[C@@H](C)Oc1cc-2cnc1N. The van der Waals surface area contributed by atoms with Crippen LogP contribution in [0.1, 0.15) is 96.0 Å². The minimum Gasteiger partial charge on any atom is -0.482 e. The number of Topliss-reactive ketones (excluding diaryl/α,β-unsaturated/α-hetero) is 2. The number of hydrogen-bond acceptors (Lipinski definition) is 15. The van der Waals surface area contributed by atoms with Crippen LogP contribution in [-0.2, 0) is 36.9 Å². The number of hydrogen-bond donors (Lipinski definition) is 2. The lowest BCUT2D eigenvalue weighted by Gasteiger charge is -2.38. The fourth-order valence-electron chi connectivity index (χ4n) is 10.7. The molecular weight excluding hydrogens is 1020 g/mol. The molecule has 1 unspecified atom stereocenters. The van der Waals surface area contributed by atoms with E-state index >= 15 is 0 Å². The van der Waals surface area contributed by atoms with Gasteiger partial charge in [0.2, 0.25) is 11.8 Å². The van der Waals surface area contributed by atoms with Crippen molar-refractivity contribution < 1.29 is 42.6 Å². The number of carbonyl (C=O) groups excluding carboxylic acids is 5. The maximum Gasteiger partial charge on any atom is 0.260 e. The molecule has 2 saturated heterocycles. The van der Waals surface area contributed by atoms with Crippen LogP contribution in [0.2, 0.25) is 0 Å². The monoisotopic (exact) mass is 1090 g/mol. The molecule has 3 amide bonds. The summed E-state index contributed by atoms with van der Waals surface area (Å²) in [7, 11) is 5.14. The molecule has 0 aliphatic carbocycles. The second-order valence-corrected chi connectivity index (χ2v) is 21.8. The highest BCUT2D eigenvalue weighted by Crippen LogP contribution is 2.40. The molecule has 2 bridgehead atoms. The maximum atomic E-state index is 14.6. The van der Waals surface area contributed by atoms with Crippen molar-refractivity contribution in [3.05, 3.63) is 99.9 Å². The number of nitrogens with one attached hydrogen (secondary N) is 1. The summed E-state index contributed by atoms with van der Waals surface area (Å²) < 4.78 is 33.1. The molecule has 19 nitrogen and oxygen atoms in total. The Balaban J connectivity index is 0.773. The number of nitrogens with two attached hydrogens (primary N) is 1. The molecule has 4 aliphatic rings. The predicted molar refractivity (Wildman–Crippen MR) is 296 cm³/mol. The molecule has 6 heterocycles. The molecule has 78 heavy (non-hydrogen) atoms. The van der Waals surface area contributed by atoms with E-state index in [0.717, 1.165) is 49.4 Å². The number of thioether (sulfide) groups is 1. The summed E-state index contributed by atoms with van der Waals surface area (Å²) in [6.07, 6.45) is 4.44. The molecule has 21 heteroatoms. The normalized spacial score (nSPS) is 19.6. The van der Waals surface area contributed by atoms with Gasteiger partial charge in [-0.25, -0.2) is 9.37 Å². The Kier molecular flexibility index (Phi) is 19.5. The van der Waals surface area contributed by atoms with E-state index in [9.17, 15) is 28.4 Å². The number of ketones is 2. The van der Waals surface area contributed by atoms with E-state index in [4.69, 9.17) is 36.6 Å². The number of anilines is 1. The first-order valence-corrected chi connectivity index (χ1v) is 27.9. The Morgan fingerprint density at radius 1 is 1.03 bits per heavy atom. The van der Waals surface area contributed by atoms with Crippen LogP contribution in [0.5, 0.6) is 5.75 Å². The van der Waals surface area contributed by atoms with Crippen LogP contribution in [0.25, 0.3) is 16.0 Å². The number of benzene rings is 2. The molecule has 5 atom stereocenters. The number of aryl methyl sites for hydroxylation is 1. The number of carbonyl (C=O) groups is 5. The molecule has 0 saturated carbocycles. The minimum absolute atomic E-state index is 0.00499. The third-order valence-corrected chi connectivity index (χ3v) is 16.6. The van der Waals surface area contributed by atoms with Crippen molar-refractivity contribution in [1.82, 2.24) is 39.7 Å². The van der Waals surface area contributed by atoms with Gasteiger partial charge in [-0.3, -0.25) is 29.0 Å². The first kappa shape index (κ1) is 57.6. The van der Waals surface area contributed by atoms with Gasteiger partial charge in [-0.1, -0.05) is 24.3 Å². The fourth-order valence-corrected chi connectivity index (χ4v) is 11.9. The van der Waals surface area contributed by atoms with Crippen LogP contribution < -0.4 is 15.8 Å². The molecule has 3 N–H and O–H groups in total. The van der Waals surface area contributed by atoms with Gasteiger partial charge in [0.25, 0.3) is 11.7 Å². The molecular formula is C57H72FN11O8S. The predicted octanol–water partition coefficient (Wildman–Crippen LogP) is 6.42. The Bertz CT molecular complexity index is 2900. The molecule has 4 aromatic rings. The van der Waals surface area contributed by atoms with Gasteiger partial charge in [-0.2, -0.15) is 4.68 Å². The maximum absolute atomic E-state index is 14.6. The topological polar surface area (TPSA) is 211 Å². The second kappa shape index (κ2) is 26.4. The number of likely N-dealkylation sites (N-methyl/N-ethyl adjacent to an activating group) is 2. The van der Waals surface area contributed by atoms with E-state index in [1.165, 1.54) is 36.0 Å². The minimum atomic E-state index is -0.589. The number of piperidine rings is 1. The number of amides is 3. The zero-order chi connectivity index (χ0) is 55.6. The Morgan fingerprint density at radius 2 is 1.77 bits per heavy atom. The highest BCUT2D eigenvalue weighted by molar-refractivity contribution is 8.14. The quantitative estimate of drug-likeness (QED) is 0.0525. The van der Waals surface area contributed by atoms with Gasteiger partial charge in [0.15, 0.2) is 17.4 Å². The lowest BCUT2D eigenvalue weighted by atomic mass is 9.79. The summed E-state index contributed by atoms with van der Waals surface area (Å²) in [4.78, 5) is 88.8. The molecule has 2 fully saturated rings. The second-order valence-electron chi connectivity index (χ2n) is 20.7. The van der Waals surface area contributed by atoms with Crippen LogP contribution in [-0.4, -0.2) is 173 Å². The van der Waals surface area contributed by atoms with Crippen molar-refractivity contribution in [3.8, 4) is 16.9 Å². The number of aromatic nitrogens is 3. The number of likely N-dealkylation sites (tertiary alicyclic amines) is 2. The largest absolute Gasteiger partial charge is 0.482 e. The van der Waals surface area contributed by atoms with Crippen molar-refractivity contribution >= 4 is 57.7 Å². The number of halogens is 1. The molecule has 4 aliphatic heterocycles. The van der Waals surface area contributed by atoms with Crippen molar-refractivity contribution in [2.24, 2.45) is 16.8 Å². The first-order valence-electron chi connectivity index (χ1n) is 26.9. The summed E-state index contributed by atoms with van der Waals surface area (Å²) in [6, 6.07) is 11.7. The number of nitrogens with zero attached hydrogens (tertiary/aromatic N) is 9. The summed E-state index contributed by atoms with van der Waals surface area (Å²) in [6.45, 7) is 18.6. The molecule has 0 radical (unpaired) electrons. The van der Waals surface area contributed by atoms with Gasteiger partial charge in [0.05, 0.1) is 63.1 Å². The third-order valence-electron chi connectivity index (χ3n) is 15.4. The fraction of sp³-hybridized carbons (Fsp3) is 0.526. The number of rotatable bonds is 21. The van der Waals surface area contributed by atoms with Crippen molar-refractivity contribution in [2.75, 3.05) is 91.8 Å². The van der Waals surface area contributed by atoms with Crippen LogP contribution in [0.4, 0.5) is 16.0 Å². The van der Waals surface area contributed by atoms with E-state index < -0.39 is 23.9 Å². The Hall–Kier alpha value is -6.57. The zero-order valence-electron chi connectivity index (χ0n) is 45.5. The van der Waals surface area contributed by atoms with Crippen molar-refractivity contribution in [3.63, 3.8) is 0 Å². The van der Waals surface area contributed by atoms with Crippen LogP contribution in [0, 0.1) is 31.1 Å². The number of ether oxygens (including phenoxy) is 3. The molecule has 8 rings (SSSR count). The lowest BCUT2D eigenvalue weighted by molar-refractivity contribution is -0.141. The summed E-state index contributed by atoms with van der Waals surface area (Å²) >= 11 is 1.51. The highest BCUT2D eigenvalue weighted by atomic mass is 32.2. The summed E-state index contributed by atoms with van der Waals surface area (Å²) in [5, 5.41) is 8.64. The van der Waals surface area contributed by atoms with Crippen molar-refractivity contribution in [2.45, 2.75) is 96.6 Å². The average molecular weight is 1090 g/mol. The van der Waals surface area contributed by atoms with Crippen molar-refractivity contribution in [1.29, 1.82) is 0 Å². The third kappa shape index (κ3) is 13.6. The Labute approximate surface area is 460 Å². The summed E-state index contributed by atoms with van der Waals surface area (Å²) in [5.41, 5.74) is 10.4. The summed E-state index contributed by atoms with van der Waals surface area (Å²) in [5.74, 6) is -0.173. The molecule has 416 valence electrons. The molecule has 0 spiro atoms. The number of nitrogen functional groups attached to an aromatic ring is 1. The van der Waals surface area contributed by atoms with Crippen LogP contribution in [0.3, 0.4) is 0 Å². The number of pyridine rings is 1. The standard InChI is InChI=1S/C57H72FN11O8S/c1-35-10-15-42-43(29-35)37(3)77-49-30-40(32-62-53(49)59)51-45(33-66(7)56(42)73)64-69(54(51)61-5)23-22-65(6)50(71)18-25-75-27-28-76-26-24-67-20-16-38(17-21-67)44(31-48(70)36(2)60-4)57(74)68-19-8-9-47(68)55-63-46(34-78-55)52(72)39-11-13-41(58)14-12-39/h10-15,29-30,32,36-38,44,46-47,60H,8-9,16-28,31,33-34H2,1-4,6-7H3,(H2,59,62)/t36-,37+,44-,46?,47-/m0/s1. The lowest BCUT2D eigenvalue weighted by Crippen LogP contribution is -2.48. The average Bonchev–Trinajstić information content (AvgIpc) is 4.22. The van der Waals surface area contributed by atoms with E-state index in [2.05, 4.69) is 20.0 Å². The zero-order valence-corrected chi connectivity index (χ0v) is 46.4. The van der Waals surface area contributed by atoms with E-state index in [-0.39, 0.29) is 98.0 Å². The van der Waals surface area contributed by atoms with Gasteiger partial charge in [-0.05, 0) is 114 Å². The van der Waals surface area contributed by atoms with Gasteiger partial charge in [0.1, 0.15) is 36.0 Å². The first-order chi connectivity index (χ1) is 37.5. The van der Waals surface area contributed by atoms with Gasteiger partial charge in [-0.15, -0.1) is 16.9 Å². The van der Waals surface area contributed by atoms with Crippen LogP contribution in [0.15, 0.2) is 59.7 Å².